The van der Waals surface area contributed by atoms with Crippen LogP contribution in [0.3, 0.4) is 0 Å². The molecule has 0 spiro atoms. The predicted octanol–water partition coefficient (Wildman–Crippen LogP) is 2.39. The molecule has 3 aromatic rings. The summed E-state index contributed by atoms with van der Waals surface area (Å²) < 4.78 is 9.75. The number of nitrogens with zero attached hydrogens (tertiary/aromatic N) is 3. The van der Waals surface area contributed by atoms with E-state index in [1.54, 1.807) is 13.4 Å². The van der Waals surface area contributed by atoms with Crippen molar-refractivity contribution in [1.82, 2.24) is 14.3 Å². The minimum atomic E-state index is 0.711. The predicted molar refractivity (Wildman–Crippen MR) is 101 cm³/mol. The Kier molecular flexibility index (Phi) is 5.31. The number of benzene rings is 2. The maximum absolute atomic E-state index is 5.62. The molecule has 1 N–H and O–H groups in total. The fourth-order valence-electron chi connectivity index (χ4n) is 2.85. The van der Waals surface area contributed by atoms with E-state index >= 15 is 0 Å². The lowest BCUT2D eigenvalue weighted by atomic mass is 10.2. The van der Waals surface area contributed by atoms with Crippen LogP contribution in [0.25, 0.3) is 5.69 Å². The Bertz CT molecular complexity index is 898. The Morgan fingerprint density at radius 1 is 1.12 bits per heavy atom. The van der Waals surface area contributed by atoms with Crippen LogP contribution in [-0.2, 0) is 13.2 Å². The van der Waals surface area contributed by atoms with Gasteiger partial charge in [0.1, 0.15) is 18.6 Å². The number of ether oxygens (including phenoxy) is 1. The molecule has 1 unspecified atom stereocenters. The van der Waals surface area contributed by atoms with Gasteiger partial charge in [-0.05, 0) is 55.0 Å². The van der Waals surface area contributed by atoms with Crippen LogP contribution in [0.15, 0.2) is 54.9 Å². The Labute approximate surface area is 153 Å². The molecular weight excluding hydrogens is 332 g/mol. The first kappa shape index (κ1) is 17.4. The van der Waals surface area contributed by atoms with E-state index in [2.05, 4.69) is 43.3 Å². The maximum Gasteiger partial charge on any atom is 0.207 e. The summed E-state index contributed by atoms with van der Waals surface area (Å²) in [5, 5.41) is 4.48. The lowest BCUT2D eigenvalue weighted by molar-refractivity contribution is -0.917. The molecule has 0 bridgehead atoms. The highest BCUT2D eigenvalue weighted by Crippen LogP contribution is 2.13. The number of hydrogen-bond acceptors (Lipinski definition) is 3. The lowest BCUT2D eigenvalue weighted by Crippen LogP contribution is -3.07. The molecule has 1 aromatic heterocycles. The third-order valence-electron chi connectivity index (χ3n) is 4.19. The molecule has 0 aliphatic carbocycles. The van der Waals surface area contributed by atoms with Gasteiger partial charge in [-0.15, -0.1) is 0 Å². The fourth-order valence-corrected chi connectivity index (χ4v) is 3.11. The van der Waals surface area contributed by atoms with E-state index in [4.69, 9.17) is 17.0 Å². The lowest BCUT2D eigenvalue weighted by Gasteiger charge is -2.14. The smallest absolute Gasteiger partial charge is 0.207 e. The molecule has 0 saturated carbocycles. The van der Waals surface area contributed by atoms with Crippen molar-refractivity contribution in [3.63, 3.8) is 0 Å². The number of aryl methyl sites for hydroxylation is 1. The Morgan fingerprint density at radius 2 is 1.84 bits per heavy atom. The number of para-hydroxylation sites is 1. The van der Waals surface area contributed by atoms with E-state index in [0.717, 1.165) is 18.0 Å². The van der Waals surface area contributed by atoms with Gasteiger partial charge in [-0.1, -0.05) is 18.2 Å². The quantitative estimate of drug-likeness (QED) is 0.690. The molecule has 25 heavy (non-hydrogen) atoms. The van der Waals surface area contributed by atoms with Crippen molar-refractivity contribution in [2.45, 2.75) is 20.1 Å². The van der Waals surface area contributed by atoms with Crippen LogP contribution in [0.1, 0.15) is 11.1 Å². The molecule has 6 heteroatoms. The molecule has 2 aromatic carbocycles. The van der Waals surface area contributed by atoms with Crippen molar-refractivity contribution in [3.8, 4) is 11.4 Å². The number of nitrogens with one attached hydrogen (secondary N) is 1. The molecule has 3 rings (SSSR count). The largest absolute Gasteiger partial charge is 0.497 e. The van der Waals surface area contributed by atoms with Crippen LogP contribution in [0, 0.1) is 11.7 Å². The highest BCUT2D eigenvalue weighted by molar-refractivity contribution is 7.71. The average Bonchev–Trinajstić information content (AvgIpc) is 2.96. The van der Waals surface area contributed by atoms with Crippen LogP contribution in [0.4, 0.5) is 0 Å². The Morgan fingerprint density at radius 3 is 2.52 bits per heavy atom. The van der Waals surface area contributed by atoms with Crippen molar-refractivity contribution < 1.29 is 9.64 Å². The molecule has 130 valence electrons. The molecule has 0 saturated heterocycles. The monoisotopic (exact) mass is 355 g/mol. The molecule has 5 nitrogen and oxygen atoms in total. The van der Waals surface area contributed by atoms with Gasteiger partial charge < -0.3 is 9.64 Å². The average molecular weight is 355 g/mol. The second-order valence-corrected chi connectivity index (χ2v) is 6.57. The Balaban J connectivity index is 1.73. The van der Waals surface area contributed by atoms with Crippen LogP contribution in [0.2, 0.25) is 0 Å². The summed E-state index contributed by atoms with van der Waals surface area (Å²) in [5.74, 6) is 0.876. The van der Waals surface area contributed by atoms with E-state index in [0.29, 0.717) is 11.4 Å². The molecule has 1 heterocycles. The minimum absolute atomic E-state index is 0.711. The maximum atomic E-state index is 5.62. The third-order valence-corrected chi connectivity index (χ3v) is 4.60. The number of methoxy groups -OCH3 is 1. The van der Waals surface area contributed by atoms with Gasteiger partial charge >= 0.3 is 0 Å². The van der Waals surface area contributed by atoms with Gasteiger partial charge in [0.05, 0.1) is 19.8 Å². The molecule has 0 aliphatic rings. The van der Waals surface area contributed by atoms with Crippen molar-refractivity contribution in [2.75, 3.05) is 14.2 Å². The zero-order valence-corrected chi connectivity index (χ0v) is 15.6. The summed E-state index contributed by atoms with van der Waals surface area (Å²) in [4.78, 5) is 1.30. The van der Waals surface area contributed by atoms with Gasteiger partial charge in [0.25, 0.3) is 0 Å². The number of hydrogen-bond donors (Lipinski definition) is 1. The van der Waals surface area contributed by atoms with Crippen LogP contribution >= 0.6 is 12.2 Å². The Hall–Kier alpha value is -2.44. The first-order valence-electron chi connectivity index (χ1n) is 8.23. The molecule has 0 aliphatic heterocycles. The highest BCUT2D eigenvalue weighted by Gasteiger charge is 2.10. The zero-order valence-electron chi connectivity index (χ0n) is 14.8. The summed E-state index contributed by atoms with van der Waals surface area (Å²) in [6.07, 6.45) is 1.80. The molecule has 1 atom stereocenters. The molecule has 0 fully saturated rings. The van der Waals surface area contributed by atoms with Crippen LogP contribution in [0.5, 0.6) is 5.75 Å². The van der Waals surface area contributed by atoms with E-state index < -0.39 is 0 Å². The number of quaternary nitrogens is 1. The summed E-state index contributed by atoms with van der Waals surface area (Å²) in [6.45, 7) is 3.68. The van der Waals surface area contributed by atoms with Crippen molar-refractivity contribution in [3.05, 3.63) is 70.8 Å². The molecule has 0 radical (unpaired) electrons. The summed E-state index contributed by atoms with van der Waals surface area (Å²) in [6, 6.07) is 16.3. The van der Waals surface area contributed by atoms with Crippen LogP contribution in [-0.4, -0.2) is 28.5 Å². The zero-order chi connectivity index (χ0) is 17.8. The van der Waals surface area contributed by atoms with Gasteiger partial charge in [0.15, 0.2) is 6.67 Å². The van der Waals surface area contributed by atoms with Gasteiger partial charge in [-0.3, -0.25) is 4.57 Å². The first-order chi connectivity index (χ1) is 12.1. The summed E-state index contributed by atoms with van der Waals surface area (Å²) >= 11 is 5.62. The van der Waals surface area contributed by atoms with Gasteiger partial charge in [-0.2, -0.15) is 9.78 Å². The standard InChI is InChI=1S/C19H22N4OS/c1-15-6-4-5-7-18(15)22-13-20-23(19(22)25)14-21(2)12-16-8-10-17(24-3)11-9-16/h4-11,13H,12,14H2,1-3H3/p+1. The van der Waals surface area contributed by atoms with Crippen molar-refractivity contribution in [2.24, 2.45) is 0 Å². The summed E-state index contributed by atoms with van der Waals surface area (Å²) in [5.41, 5.74) is 3.51. The molecule has 0 amide bonds. The van der Waals surface area contributed by atoms with E-state index in [-0.39, 0.29) is 0 Å². The van der Waals surface area contributed by atoms with Gasteiger partial charge in [-0.25, -0.2) is 0 Å². The number of rotatable bonds is 6. The van der Waals surface area contributed by atoms with E-state index in [1.807, 2.05) is 33.5 Å². The molecular formula is C19H23N4OS+. The summed E-state index contributed by atoms with van der Waals surface area (Å²) in [7, 11) is 3.82. The van der Waals surface area contributed by atoms with Gasteiger partial charge in [0, 0.05) is 5.56 Å². The topological polar surface area (TPSA) is 36.4 Å². The second kappa shape index (κ2) is 7.63. The minimum Gasteiger partial charge on any atom is -0.497 e. The van der Waals surface area contributed by atoms with Crippen molar-refractivity contribution in [1.29, 1.82) is 0 Å². The van der Waals surface area contributed by atoms with Crippen molar-refractivity contribution >= 4 is 12.2 Å². The third kappa shape index (κ3) is 3.97. The van der Waals surface area contributed by atoms with Crippen LogP contribution < -0.4 is 9.64 Å². The first-order valence-corrected chi connectivity index (χ1v) is 8.64. The number of aromatic nitrogens is 3. The normalized spacial score (nSPS) is 12.1. The fraction of sp³-hybridized carbons (Fsp3) is 0.263. The highest BCUT2D eigenvalue weighted by atomic mass is 32.1. The van der Waals surface area contributed by atoms with E-state index in [9.17, 15) is 0 Å². The second-order valence-electron chi connectivity index (χ2n) is 6.21. The van der Waals surface area contributed by atoms with Gasteiger partial charge in [0.2, 0.25) is 4.77 Å². The van der Waals surface area contributed by atoms with E-state index in [1.165, 1.54) is 16.0 Å². The SMILES string of the molecule is COc1ccc(C[NH+](C)Cn2ncn(-c3ccccc3C)c2=S)cc1.